The number of ether oxygens (including phenoxy) is 1. The molecule has 12 nitrogen and oxygen atoms in total. The lowest BCUT2D eigenvalue weighted by Gasteiger charge is -2.16. The van der Waals surface area contributed by atoms with Crippen molar-refractivity contribution < 1.29 is 24.4 Å². The zero-order chi connectivity index (χ0) is 25.5. The Morgan fingerprint density at radius 2 is 1.97 bits per heavy atom. The fraction of sp³-hybridized carbons (Fsp3) is 0.238. The Hall–Kier alpha value is -3.68. The van der Waals surface area contributed by atoms with E-state index in [1.54, 1.807) is 35.9 Å². The number of nitro benzene ring substituents is 1. The van der Waals surface area contributed by atoms with Crippen LogP contribution in [0.5, 0.6) is 5.75 Å². The van der Waals surface area contributed by atoms with E-state index >= 15 is 0 Å². The Labute approximate surface area is 208 Å². The van der Waals surface area contributed by atoms with E-state index in [9.17, 15) is 24.8 Å². The second kappa shape index (κ2) is 11.6. The predicted octanol–water partition coefficient (Wildman–Crippen LogP) is 2.58. The van der Waals surface area contributed by atoms with E-state index in [1.807, 2.05) is 0 Å². The Morgan fingerprint density at radius 3 is 2.60 bits per heavy atom. The predicted molar refractivity (Wildman–Crippen MR) is 129 cm³/mol. The number of methoxy groups -OCH3 is 1. The molecule has 2 amide bonds. The minimum atomic E-state index is -0.839. The van der Waals surface area contributed by atoms with Gasteiger partial charge in [-0.3, -0.25) is 19.7 Å². The summed E-state index contributed by atoms with van der Waals surface area (Å²) in [5, 5.41) is 34.6. The molecule has 0 aliphatic carbocycles. The van der Waals surface area contributed by atoms with Crippen molar-refractivity contribution in [2.75, 3.05) is 24.8 Å². The van der Waals surface area contributed by atoms with Crippen LogP contribution in [-0.2, 0) is 11.8 Å². The zero-order valence-electron chi connectivity index (χ0n) is 18.6. The van der Waals surface area contributed by atoms with Crippen molar-refractivity contribution >= 4 is 46.6 Å². The molecule has 2 aromatic carbocycles. The van der Waals surface area contributed by atoms with Crippen LogP contribution < -0.4 is 15.4 Å². The number of carbonyl (C=O) groups is 2. The molecule has 0 aliphatic heterocycles. The molecule has 35 heavy (non-hydrogen) atoms. The van der Waals surface area contributed by atoms with E-state index in [0.29, 0.717) is 22.3 Å². The van der Waals surface area contributed by atoms with Crippen molar-refractivity contribution in [2.24, 2.45) is 7.05 Å². The fourth-order valence-corrected chi connectivity index (χ4v) is 3.85. The number of rotatable bonds is 10. The molecular formula is C21H21ClN6O6S. The van der Waals surface area contributed by atoms with Gasteiger partial charge in [-0.15, -0.1) is 10.2 Å². The maximum atomic E-state index is 12.6. The largest absolute Gasteiger partial charge is 0.497 e. The summed E-state index contributed by atoms with van der Waals surface area (Å²) in [5.41, 5.74) is 0.284. The minimum Gasteiger partial charge on any atom is -0.497 e. The molecule has 0 unspecified atom stereocenters. The van der Waals surface area contributed by atoms with Gasteiger partial charge in [0.2, 0.25) is 5.91 Å². The average molecular weight is 521 g/mol. The molecule has 3 aromatic rings. The summed E-state index contributed by atoms with van der Waals surface area (Å²) in [5.74, 6) is -0.0795. The molecule has 1 aromatic heterocycles. The highest BCUT2D eigenvalue weighted by molar-refractivity contribution is 7.99. The number of halogens is 1. The van der Waals surface area contributed by atoms with Crippen molar-refractivity contribution in [1.29, 1.82) is 0 Å². The number of benzene rings is 2. The number of hydrogen-bond acceptors (Lipinski definition) is 9. The number of aromatic nitrogens is 3. The van der Waals surface area contributed by atoms with Gasteiger partial charge in [0.15, 0.2) is 11.0 Å². The van der Waals surface area contributed by atoms with E-state index in [0.717, 1.165) is 11.8 Å². The molecule has 1 heterocycles. The zero-order valence-corrected chi connectivity index (χ0v) is 20.2. The number of hydrogen-bond donors (Lipinski definition) is 3. The van der Waals surface area contributed by atoms with Gasteiger partial charge in [-0.2, -0.15) is 0 Å². The summed E-state index contributed by atoms with van der Waals surface area (Å²) >= 11 is 7.06. The standard InChI is InChI=1S/C21H21ClN6O6S/c1-27-19(17(10-29)24-20(31)12-3-6-14(34-2)7-4-12)25-26-21(27)35-11-18(30)23-16-9-13(28(32)33)5-8-15(16)22/h3-9,17,29H,10-11H2,1-2H3,(H,23,30)(H,24,31)/t17-/m0/s1. The van der Waals surface area contributed by atoms with E-state index in [2.05, 4.69) is 20.8 Å². The van der Waals surface area contributed by atoms with Crippen molar-refractivity contribution in [2.45, 2.75) is 11.2 Å². The molecule has 0 saturated carbocycles. The van der Waals surface area contributed by atoms with Crippen molar-refractivity contribution in [3.63, 3.8) is 0 Å². The lowest BCUT2D eigenvalue weighted by Crippen LogP contribution is -2.32. The first-order valence-electron chi connectivity index (χ1n) is 10.0. The normalized spacial score (nSPS) is 11.5. The molecule has 184 valence electrons. The van der Waals surface area contributed by atoms with Gasteiger partial charge >= 0.3 is 0 Å². The Kier molecular flexibility index (Phi) is 8.63. The highest BCUT2D eigenvalue weighted by Gasteiger charge is 2.22. The fourth-order valence-electron chi connectivity index (χ4n) is 2.97. The van der Waals surface area contributed by atoms with Crippen LogP contribution in [0, 0.1) is 10.1 Å². The van der Waals surface area contributed by atoms with Crippen molar-refractivity contribution in [3.8, 4) is 5.75 Å². The number of aliphatic hydroxyl groups is 1. The number of nitrogens with one attached hydrogen (secondary N) is 2. The lowest BCUT2D eigenvalue weighted by atomic mass is 10.2. The number of non-ortho nitro benzene ring substituents is 1. The van der Waals surface area contributed by atoms with Gasteiger partial charge in [-0.05, 0) is 30.3 Å². The topological polar surface area (TPSA) is 162 Å². The summed E-state index contributed by atoms with van der Waals surface area (Å²) in [7, 11) is 3.16. The maximum Gasteiger partial charge on any atom is 0.271 e. The first-order chi connectivity index (χ1) is 16.7. The first-order valence-corrected chi connectivity index (χ1v) is 11.4. The van der Waals surface area contributed by atoms with Gasteiger partial charge in [0.05, 0.1) is 35.1 Å². The Bertz CT molecular complexity index is 1240. The van der Waals surface area contributed by atoms with E-state index in [1.165, 1.54) is 25.3 Å². The summed E-state index contributed by atoms with van der Waals surface area (Å²) in [4.78, 5) is 35.2. The van der Waals surface area contributed by atoms with Crippen molar-refractivity contribution in [1.82, 2.24) is 20.1 Å². The number of amides is 2. The summed E-state index contributed by atoms with van der Waals surface area (Å²) in [6.07, 6.45) is 0. The van der Waals surface area contributed by atoms with Gasteiger partial charge in [-0.25, -0.2) is 0 Å². The summed E-state index contributed by atoms with van der Waals surface area (Å²) in [6, 6.07) is 9.36. The van der Waals surface area contributed by atoms with Gasteiger partial charge in [0, 0.05) is 24.7 Å². The molecule has 1 atom stereocenters. The third kappa shape index (κ3) is 6.47. The van der Waals surface area contributed by atoms with E-state index in [4.69, 9.17) is 16.3 Å². The van der Waals surface area contributed by atoms with Crippen LogP contribution in [0.3, 0.4) is 0 Å². The monoisotopic (exact) mass is 520 g/mol. The van der Waals surface area contributed by atoms with Gasteiger partial charge < -0.3 is 25.0 Å². The van der Waals surface area contributed by atoms with Crippen LogP contribution in [0.25, 0.3) is 0 Å². The van der Waals surface area contributed by atoms with E-state index < -0.39 is 29.4 Å². The van der Waals surface area contributed by atoms with Gasteiger partial charge in [0.1, 0.15) is 11.8 Å². The first kappa shape index (κ1) is 25.9. The molecule has 14 heteroatoms. The Balaban J connectivity index is 1.63. The lowest BCUT2D eigenvalue weighted by molar-refractivity contribution is -0.384. The third-order valence-corrected chi connectivity index (χ3v) is 6.14. The number of anilines is 1. The highest BCUT2D eigenvalue weighted by Crippen LogP contribution is 2.27. The van der Waals surface area contributed by atoms with Gasteiger partial charge in [-0.1, -0.05) is 23.4 Å². The van der Waals surface area contributed by atoms with Crippen LogP contribution in [0.1, 0.15) is 22.2 Å². The molecule has 3 rings (SSSR count). The van der Waals surface area contributed by atoms with Crippen LogP contribution in [0.2, 0.25) is 5.02 Å². The Morgan fingerprint density at radius 1 is 1.26 bits per heavy atom. The summed E-state index contributed by atoms with van der Waals surface area (Å²) < 4.78 is 6.62. The minimum absolute atomic E-state index is 0.0903. The number of carbonyl (C=O) groups excluding carboxylic acids is 2. The third-order valence-electron chi connectivity index (χ3n) is 4.79. The van der Waals surface area contributed by atoms with Crippen LogP contribution in [-0.4, -0.2) is 56.1 Å². The molecule has 0 aliphatic rings. The summed E-state index contributed by atoms with van der Waals surface area (Å²) in [6.45, 7) is -0.426. The molecule has 0 spiro atoms. The van der Waals surface area contributed by atoms with Crippen LogP contribution in [0.15, 0.2) is 47.6 Å². The highest BCUT2D eigenvalue weighted by atomic mass is 35.5. The van der Waals surface area contributed by atoms with Crippen LogP contribution in [0.4, 0.5) is 11.4 Å². The average Bonchev–Trinajstić information content (AvgIpc) is 3.22. The number of nitro groups is 1. The molecule has 3 N–H and O–H groups in total. The number of nitrogens with zero attached hydrogens (tertiary/aromatic N) is 4. The maximum absolute atomic E-state index is 12.6. The number of aliphatic hydroxyl groups excluding tert-OH is 1. The smallest absolute Gasteiger partial charge is 0.271 e. The van der Waals surface area contributed by atoms with Crippen molar-refractivity contribution in [3.05, 3.63) is 69.0 Å². The molecule has 0 bridgehead atoms. The van der Waals surface area contributed by atoms with Gasteiger partial charge in [0.25, 0.3) is 11.6 Å². The quantitative estimate of drug-likeness (QED) is 0.207. The second-order valence-electron chi connectivity index (χ2n) is 7.10. The molecular weight excluding hydrogens is 500 g/mol. The SMILES string of the molecule is COc1ccc(C(=O)N[C@@H](CO)c2nnc(SCC(=O)Nc3cc([N+](=O)[O-])ccc3Cl)n2C)cc1. The molecule has 0 fully saturated rings. The molecule has 0 saturated heterocycles. The van der Waals surface area contributed by atoms with Crippen LogP contribution >= 0.6 is 23.4 Å². The molecule has 0 radical (unpaired) electrons. The number of thioether (sulfide) groups is 1. The second-order valence-corrected chi connectivity index (χ2v) is 8.44. The van der Waals surface area contributed by atoms with E-state index in [-0.39, 0.29) is 22.2 Å².